The van der Waals surface area contributed by atoms with Gasteiger partial charge in [0, 0.05) is 37.3 Å². The molecule has 1 aliphatic rings. The minimum absolute atomic E-state index is 0.281. The van der Waals surface area contributed by atoms with Gasteiger partial charge < -0.3 is 9.88 Å². The fourth-order valence-corrected chi connectivity index (χ4v) is 3.65. The Morgan fingerprint density at radius 3 is 2.57 bits per heavy atom. The van der Waals surface area contributed by atoms with Gasteiger partial charge in [-0.2, -0.15) is 0 Å². The molecule has 0 radical (unpaired) electrons. The first kappa shape index (κ1) is 14.3. The summed E-state index contributed by atoms with van der Waals surface area (Å²) < 4.78 is 2.14. The maximum Gasteiger partial charge on any atom is 0.109 e. The second-order valence-corrected chi connectivity index (χ2v) is 6.14. The Morgan fingerprint density at radius 1 is 1.29 bits per heavy atom. The van der Waals surface area contributed by atoms with Crippen molar-refractivity contribution < 1.29 is 0 Å². The molecule has 1 heterocycles. The zero-order valence-corrected chi connectivity index (χ0v) is 13.0. The standard InChI is InChI=1S/C18H25N3/c1-3-19-16(14-17-20-12-13-21(17)2)18(10-7-11-18)15-8-5-4-6-9-15/h4-6,8-9,12-13,16,19H,3,7,10-11,14H2,1-2H3. The van der Waals surface area contributed by atoms with Crippen LogP contribution in [0.25, 0.3) is 0 Å². The first-order chi connectivity index (χ1) is 10.3. The third-order valence-corrected chi connectivity index (χ3v) is 5.02. The van der Waals surface area contributed by atoms with Gasteiger partial charge in [-0.15, -0.1) is 0 Å². The highest BCUT2D eigenvalue weighted by molar-refractivity contribution is 5.31. The normalized spacial score (nSPS) is 18.2. The number of imidazole rings is 1. The van der Waals surface area contributed by atoms with Gasteiger partial charge in [0.1, 0.15) is 5.82 Å². The highest BCUT2D eigenvalue weighted by atomic mass is 15.0. The summed E-state index contributed by atoms with van der Waals surface area (Å²) >= 11 is 0. The average molecular weight is 283 g/mol. The van der Waals surface area contributed by atoms with Gasteiger partial charge in [-0.05, 0) is 24.9 Å². The SMILES string of the molecule is CCNC(Cc1nccn1C)C1(c2ccccc2)CCC1. The van der Waals surface area contributed by atoms with Crippen LogP contribution in [-0.2, 0) is 18.9 Å². The van der Waals surface area contributed by atoms with E-state index < -0.39 is 0 Å². The van der Waals surface area contributed by atoms with Crippen molar-refractivity contribution in [1.29, 1.82) is 0 Å². The van der Waals surface area contributed by atoms with Gasteiger partial charge in [-0.25, -0.2) is 4.98 Å². The number of benzene rings is 1. The minimum atomic E-state index is 0.281. The van der Waals surface area contributed by atoms with Crippen molar-refractivity contribution in [1.82, 2.24) is 14.9 Å². The van der Waals surface area contributed by atoms with E-state index in [2.05, 4.69) is 59.2 Å². The number of aromatic nitrogens is 2. The topological polar surface area (TPSA) is 29.9 Å². The van der Waals surface area contributed by atoms with Gasteiger partial charge in [0.25, 0.3) is 0 Å². The Bertz CT molecular complexity index is 569. The van der Waals surface area contributed by atoms with Crippen LogP contribution in [0.5, 0.6) is 0 Å². The van der Waals surface area contributed by atoms with E-state index in [0.717, 1.165) is 13.0 Å². The molecule has 0 spiro atoms. The Morgan fingerprint density at radius 2 is 2.05 bits per heavy atom. The summed E-state index contributed by atoms with van der Waals surface area (Å²) in [5.41, 5.74) is 1.76. The molecule has 1 saturated carbocycles. The highest BCUT2D eigenvalue weighted by Crippen LogP contribution is 2.47. The van der Waals surface area contributed by atoms with Gasteiger partial charge in [0.2, 0.25) is 0 Å². The molecule has 0 aliphatic heterocycles. The van der Waals surface area contributed by atoms with Gasteiger partial charge in [0.15, 0.2) is 0 Å². The third kappa shape index (κ3) is 2.62. The van der Waals surface area contributed by atoms with Gasteiger partial charge >= 0.3 is 0 Å². The summed E-state index contributed by atoms with van der Waals surface area (Å²) in [6.07, 6.45) is 8.81. The molecular formula is C18H25N3. The van der Waals surface area contributed by atoms with Crippen LogP contribution in [0.4, 0.5) is 0 Å². The molecule has 112 valence electrons. The first-order valence-corrected chi connectivity index (χ1v) is 8.01. The smallest absolute Gasteiger partial charge is 0.109 e. The van der Waals surface area contributed by atoms with E-state index in [1.807, 2.05) is 12.4 Å². The second kappa shape index (κ2) is 6.02. The summed E-state index contributed by atoms with van der Waals surface area (Å²) in [7, 11) is 2.08. The molecule has 1 N–H and O–H groups in total. The van der Waals surface area contributed by atoms with Crippen molar-refractivity contribution in [2.45, 2.75) is 44.1 Å². The van der Waals surface area contributed by atoms with Crippen molar-refractivity contribution in [3.63, 3.8) is 0 Å². The van der Waals surface area contributed by atoms with Crippen molar-refractivity contribution in [2.24, 2.45) is 7.05 Å². The molecule has 3 rings (SSSR count). The van der Waals surface area contributed by atoms with Crippen LogP contribution in [-0.4, -0.2) is 22.1 Å². The number of hydrogen-bond donors (Lipinski definition) is 1. The summed E-state index contributed by atoms with van der Waals surface area (Å²) in [6, 6.07) is 11.5. The molecule has 1 fully saturated rings. The Balaban J connectivity index is 1.90. The fourth-order valence-electron chi connectivity index (χ4n) is 3.65. The quantitative estimate of drug-likeness (QED) is 0.883. The van der Waals surface area contributed by atoms with E-state index in [0.29, 0.717) is 6.04 Å². The van der Waals surface area contributed by atoms with Crippen LogP contribution < -0.4 is 5.32 Å². The Labute approximate surface area is 127 Å². The lowest BCUT2D eigenvalue weighted by molar-refractivity contribution is 0.167. The van der Waals surface area contributed by atoms with Crippen LogP contribution in [0.2, 0.25) is 0 Å². The maximum atomic E-state index is 4.53. The second-order valence-electron chi connectivity index (χ2n) is 6.14. The number of rotatable bonds is 6. The number of likely N-dealkylation sites (N-methyl/N-ethyl adjacent to an activating group) is 1. The summed E-state index contributed by atoms with van der Waals surface area (Å²) in [4.78, 5) is 4.53. The van der Waals surface area contributed by atoms with Crippen LogP contribution in [0.15, 0.2) is 42.7 Å². The van der Waals surface area contributed by atoms with Gasteiger partial charge in [0.05, 0.1) is 0 Å². The molecule has 0 bridgehead atoms. The van der Waals surface area contributed by atoms with E-state index in [1.165, 1.54) is 30.7 Å². The molecule has 2 aromatic rings. The Hall–Kier alpha value is -1.61. The molecule has 0 amide bonds. The summed E-state index contributed by atoms with van der Waals surface area (Å²) in [5, 5.41) is 3.74. The number of nitrogens with one attached hydrogen (secondary N) is 1. The number of hydrogen-bond acceptors (Lipinski definition) is 2. The molecule has 0 saturated heterocycles. The fraction of sp³-hybridized carbons (Fsp3) is 0.500. The molecular weight excluding hydrogens is 258 g/mol. The maximum absolute atomic E-state index is 4.53. The lowest BCUT2D eigenvalue weighted by Gasteiger charge is -2.48. The van der Waals surface area contributed by atoms with E-state index in [1.54, 1.807) is 0 Å². The molecule has 3 heteroatoms. The molecule has 1 aromatic heterocycles. The van der Waals surface area contributed by atoms with E-state index in [4.69, 9.17) is 0 Å². The average Bonchev–Trinajstić information content (AvgIpc) is 2.85. The van der Waals surface area contributed by atoms with E-state index >= 15 is 0 Å². The van der Waals surface area contributed by atoms with Crippen LogP contribution >= 0.6 is 0 Å². The van der Waals surface area contributed by atoms with Crippen LogP contribution in [0.3, 0.4) is 0 Å². The molecule has 1 unspecified atom stereocenters. The Kier molecular flexibility index (Phi) is 4.11. The minimum Gasteiger partial charge on any atom is -0.338 e. The van der Waals surface area contributed by atoms with Crippen LogP contribution in [0, 0.1) is 0 Å². The summed E-state index contributed by atoms with van der Waals surface area (Å²) in [5.74, 6) is 1.17. The molecule has 3 nitrogen and oxygen atoms in total. The predicted octanol–water partition coefficient (Wildman–Crippen LogP) is 3.06. The predicted molar refractivity (Wildman–Crippen MR) is 86.3 cm³/mol. The highest BCUT2D eigenvalue weighted by Gasteiger charge is 2.45. The number of aryl methyl sites for hydroxylation is 1. The molecule has 21 heavy (non-hydrogen) atoms. The molecule has 1 aliphatic carbocycles. The van der Waals surface area contributed by atoms with Crippen LogP contribution in [0.1, 0.15) is 37.6 Å². The molecule has 1 atom stereocenters. The monoisotopic (exact) mass is 283 g/mol. The summed E-state index contributed by atoms with van der Waals surface area (Å²) in [6.45, 7) is 3.20. The zero-order valence-electron chi connectivity index (χ0n) is 13.0. The van der Waals surface area contributed by atoms with Crippen molar-refractivity contribution in [3.8, 4) is 0 Å². The zero-order chi connectivity index (χ0) is 14.7. The lowest BCUT2D eigenvalue weighted by atomic mass is 9.59. The number of nitrogens with zero attached hydrogens (tertiary/aromatic N) is 2. The van der Waals surface area contributed by atoms with Gasteiger partial charge in [-0.3, -0.25) is 0 Å². The first-order valence-electron chi connectivity index (χ1n) is 8.01. The van der Waals surface area contributed by atoms with E-state index in [9.17, 15) is 0 Å². The lowest BCUT2D eigenvalue weighted by Crippen LogP contribution is -2.54. The molecule has 1 aromatic carbocycles. The van der Waals surface area contributed by atoms with Crippen molar-refractivity contribution in [2.75, 3.05) is 6.54 Å². The third-order valence-electron chi connectivity index (χ3n) is 5.02. The van der Waals surface area contributed by atoms with Gasteiger partial charge in [-0.1, -0.05) is 43.7 Å². The van der Waals surface area contributed by atoms with E-state index in [-0.39, 0.29) is 5.41 Å². The van der Waals surface area contributed by atoms with Crippen molar-refractivity contribution in [3.05, 3.63) is 54.1 Å². The largest absolute Gasteiger partial charge is 0.338 e. The van der Waals surface area contributed by atoms with Crippen molar-refractivity contribution >= 4 is 0 Å².